The van der Waals surface area contributed by atoms with Crippen molar-refractivity contribution in [1.82, 2.24) is 9.78 Å². The number of halogens is 1. The largest absolute Gasteiger partial charge is 0.383 e. The average molecular weight is 289 g/mol. The van der Waals surface area contributed by atoms with Crippen LogP contribution in [-0.4, -0.2) is 9.78 Å². The van der Waals surface area contributed by atoms with Crippen molar-refractivity contribution in [3.8, 4) is 11.1 Å². The lowest BCUT2D eigenvalue weighted by Gasteiger charge is -2.04. The van der Waals surface area contributed by atoms with Crippen molar-refractivity contribution in [1.29, 1.82) is 0 Å². The fraction of sp³-hybridized carbons (Fsp3) is 0.471. The van der Waals surface area contributed by atoms with Gasteiger partial charge in [-0.2, -0.15) is 5.10 Å². The predicted molar refractivity (Wildman–Crippen MR) is 85.5 cm³/mol. The summed E-state index contributed by atoms with van der Waals surface area (Å²) < 4.78 is 14.8. The summed E-state index contributed by atoms with van der Waals surface area (Å²) in [4.78, 5) is 0. The number of unbranched alkanes of at least 4 members (excludes halogenated alkanes) is 4. The van der Waals surface area contributed by atoms with E-state index in [1.807, 2.05) is 7.05 Å². The van der Waals surface area contributed by atoms with E-state index in [4.69, 9.17) is 5.73 Å². The Kier molecular flexibility index (Phi) is 5.37. The summed E-state index contributed by atoms with van der Waals surface area (Å²) in [5, 5.41) is 4.52. The first-order valence-corrected chi connectivity index (χ1v) is 7.70. The molecule has 0 spiro atoms. The van der Waals surface area contributed by atoms with Gasteiger partial charge in [-0.05, 0) is 30.5 Å². The highest BCUT2D eigenvalue weighted by molar-refractivity contribution is 5.76. The normalized spacial score (nSPS) is 11.0. The first kappa shape index (κ1) is 15.5. The molecule has 0 saturated heterocycles. The highest BCUT2D eigenvalue weighted by Gasteiger charge is 2.15. The van der Waals surface area contributed by atoms with Gasteiger partial charge in [0, 0.05) is 12.6 Å². The zero-order valence-corrected chi connectivity index (χ0v) is 12.9. The lowest BCUT2D eigenvalue weighted by molar-refractivity contribution is 0.623. The van der Waals surface area contributed by atoms with Crippen LogP contribution in [0.2, 0.25) is 0 Å². The van der Waals surface area contributed by atoms with Crippen molar-refractivity contribution in [3.05, 3.63) is 35.8 Å². The number of rotatable bonds is 7. The second-order valence-electron chi connectivity index (χ2n) is 5.50. The number of anilines is 1. The van der Waals surface area contributed by atoms with Crippen molar-refractivity contribution in [2.45, 2.75) is 45.4 Å². The van der Waals surface area contributed by atoms with E-state index in [9.17, 15) is 4.39 Å². The number of nitrogens with two attached hydrogens (primary N) is 1. The smallest absolute Gasteiger partial charge is 0.129 e. The molecule has 0 fully saturated rings. The number of aromatic nitrogens is 2. The van der Waals surface area contributed by atoms with Gasteiger partial charge in [-0.25, -0.2) is 4.39 Å². The molecule has 0 amide bonds. The predicted octanol–water partition coefficient (Wildman–Crippen LogP) is 4.32. The van der Waals surface area contributed by atoms with Crippen molar-refractivity contribution in [2.75, 3.05) is 5.73 Å². The Labute approximate surface area is 126 Å². The van der Waals surface area contributed by atoms with Gasteiger partial charge in [0.25, 0.3) is 0 Å². The van der Waals surface area contributed by atoms with Crippen molar-refractivity contribution in [3.63, 3.8) is 0 Å². The molecule has 0 aliphatic carbocycles. The molecule has 114 valence electrons. The number of benzene rings is 1. The molecule has 1 aromatic carbocycles. The van der Waals surface area contributed by atoms with Gasteiger partial charge < -0.3 is 5.73 Å². The van der Waals surface area contributed by atoms with E-state index < -0.39 is 0 Å². The van der Waals surface area contributed by atoms with E-state index in [0.29, 0.717) is 5.82 Å². The Morgan fingerprint density at radius 1 is 1.10 bits per heavy atom. The minimum Gasteiger partial charge on any atom is -0.383 e. The molecular weight excluding hydrogens is 265 g/mol. The zero-order valence-electron chi connectivity index (χ0n) is 12.9. The molecule has 0 bridgehead atoms. The first-order valence-electron chi connectivity index (χ1n) is 7.70. The van der Waals surface area contributed by atoms with Crippen LogP contribution >= 0.6 is 0 Å². The van der Waals surface area contributed by atoms with E-state index in [2.05, 4.69) is 12.0 Å². The minimum absolute atomic E-state index is 0.234. The molecule has 2 aromatic rings. The van der Waals surface area contributed by atoms with Gasteiger partial charge in [0.05, 0.1) is 5.69 Å². The Morgan fingerprint density at radius 2 is 1.76 bits per heavy atom. The van der Waals surface area contributed by atoms with Gasteiger partial charge in [-0.15, -0.1) is 0 Å². The average Bonchev–Trinajstić information content (AvgIpc) is 2.75. The van der Waals surface area contributed by atoms with Crippen molar-refractivity contribution < 1.29 is 4.39 Å². The topological polar surface area (TPSA) is 43.8 Å². The molecule has 0 saturated carbocycles. The summed E-state index contributed by atoms with van der Waals surface area (Å²) in [6.45, 7) is 2.21. The highest BCUT2D eigenvalue weighted by Crippen LogP contribution is 2.30. The molecule has 4 heteroatoms. The molecule has 1 heterocycles. The van der Waals surface area contributed by atoms with Gasteiger partial charge in [0.15, 0.2) is 0 Å². The zero-order chi connectivity index (χ0) is 15.2. The summed E-state index contributed by atoms with van der Waals surface area (Å²) in [7, 11) is 1.85. The molecule has 3 nitrogen and oxygen atoms in total. The number of nitrogens with zero attached hydrogens (tertiary/aromatic N) is 2. The summed E-state index contributed by atoms with van der Waals surface area (Å²) >= 11 is 0. The summed E-state index contributed by atoms with van der Waals surface area (Å²) in [5.41, 5.74) is 9.03. The molecule has 1 aromatic heterocycles. The maximum Gasteiger partial charge on any atom is 0.129 e. The quantitative estimate of drug-likeness (QED) is 0.771. The van der Waals surface area contributed by atoms with E-state index in [-0.39, 0.29) is 5.82 Å². The molecule has 0 aliphatic rings. The third kappa shape index (κ3) is 3.84. The third-order valence-corrected chi connectivity index (χ3v) is 3.81. The Hall–Kier alpha value is -1.84. The molecule has 0 atom stereocenters. The highest BCUT2D eigenvalue weighted by atomic mass is 19.1. The number of hydrogen-bond acceptors (Lipinski definition) is 2. The van der Waals surface area contributed by atoms with Crippen LogP contribution in [0, 0.1) is 5.82 Å². The van der Waals surface area contributed by atoms with Gasteiger partial charge in [-0.1, -0.05) is 44.7 Å². The van der Waals surface area contributed by atoms with Crippen LogP contribution in [0.15, 0.2) is 24.3 Å². The summed E-state index contributed by atoms with van der Waals surface area (Å²) in [5.74, 6) is 0.410. The molecule has 0 unspecified atom stereocenters. The standard InChI is InChI=1S/C17H24FN3/c1-3-4-5-6-7-8-15-16(17(19)21(2)20-15)13-9-11-14(18)12-10-13/h9-12H,3-8,19H2,1-2H3. The minimum atomic E-state index is -0.234. The van der Waals surface area contributed by atoms with E-state index in [1.54, 1.807) is 16.8 Å². The van der Waals surface area contributed by atoms with E-state index >= 15 is 0 Å². The molecular formula is C17H24FN3. The second kappa shape index (κ2) is 7.25. The number of nitrogen functional groups attached to an aromatic ring is 1. The molecule has 2 N–H and O–H groups in total. The lowest BCUT2D eigenvalue weighted by atomic mass is 10.0. The number of hydrogen-bond donors (Lipinski definition) is 1. The molecule has 0 radical (unpaired) electrons. The van der Waals surface area contributed by atoms with Crippen LogP contribution in [0.25, 0.3) is 11.1 Å². The van der Waals surface area contributed by atoms with Crippen LogP contribution in [-0.2, 0) is 13.5 Å². The SMILES string of the molecule is CCCCCCCc1nn(C)c(N)c1-c1ccc(F)cc1. The van der Waals surface area contributed by atoms with Gasteiger partial charge in [-0.3, -0.25) is 4.68 Å². The van der Waals surface area contributed by atoms with Crippen LogP contribution < -0.4 is 5.73 Å². The Morgan fingerprint density at radius 3 is 2.43 bits per heavy atom. The van der Waals surface area contributed by atoms with E-state index in [1.165, 1.54) is 37.8 Å². The van der Waals surface area contributed by atoms with Crippen LogP contribution in [0.5, 0.6) is 0 Å². The van der Waals surface area contributed by atoms with Gasteiger partial charge in [0.2, 0.25) is 0 Å². The molecule has 0 aliphatic heterocycles. The van der Waals surface area contributed by atoms with Gasteiger partial charge >= 0.3 is 0 Å². The maximum absolute atomic E-state index is 13.1. The van der Waals surface area contributed by atoms with Crippen LogP contribution in [0.1, 0.15) is 44.7 Å². The number of aryl methyl sites for hydroxylation is 2. The second-order valence-corrected chi connectivity index (χ2v) is 5.50. The summed E-state index contributed by atoms with van der Waals surface area (Å²) in [6, 6.07) is 6.46. The van der Waals surface area contributed by atoms with Crippen LogP contribution in [0.3, 0.4) is 0 Å². The Bertz CT molecular complexity index is 572. The lowest BCUT2D eigenvalue weighted by Crippen LogP contribution is -1.98. The van der Waals surface area contributed by atoms with Crippen molar-refractivity contribution in [2.24, 2.45) is 7.05 Å². The fourth-order valence-electron chi connectivity index (χ4n) is 2.60. The van der Waals surface area contributed by atoms with E-state index in [0.717, 1.165) is 29.7 Å². The third-order valence-electron chi connectivity index (χ3n) is 3.81. The summed E-state index contributed by atoms with van der Waals surface area (Å²) in [6.07, 6.45) is 7.05. The monoisotopic (exact) mass is 289 g/mol. The maximum atomic E-state index is 13.1. The molecule has 21 heavy (non-hydrogen) atoms. The fourth-order valence-corrected chi connectivity index (χ4v) is 2.60. The van der Waals surface area contributed by atoms with Crippen LogP contribution in [0.4, 0.5) is 10.2 Å². The Balaban J connectivity index is 2.14. The van der Waals surface area contributed by atoms with Gasteiger partial charge in [0.1, 0.15) is 11.6 Å². The first-order chi connectivity index (χ1) is 10.1. The van der Waals surface area contributed by atoms with Crippen molar-refractivity contribution >= 4 is 5.82 Å². The molecule has 2 rings (SSSR count).